The fraction of sp³-hybridized carbons (Fsp3) is 0.846. The molecule has 2 N–H and O–H groups in total. The normalized spacial score (nSPS) is 12.3. The van der Waals surface area contributed by atoms with Crippen LogP contribution in [0.4, 0.5) is 4.79 Å². The van der Waals surface area contributed by atoms with Gasteiger partial charge in [0.2, 0.25) is 0 Å². The van der Waals surface area contributed by atoms with E-state index in [0.717, 1.165) is 12.8 Å². The lowest BCUT2D eigenvalue weighted by molar-refractivity contribution is -0.138. The number of urea groups is 1. The quantitative estimate of drug-likeness (QED) is 0.701. The van der Waals surface area contributed by atoms with Crippen molar-refractivity contribution < 1.29 is 14.7 Å². The highest BCUT2D eigenvalue weighted by molar-refractivity contribution is 5.74. The molecule has 0 radical (unpaired) electrons. The number of aliphatic carboxylic acids is 1. The Morgan fingerprint density at radius 2 is 1.94 bits per heavy atom. The van der Waals surface area contributed by atoms with Crippen molar-refractivity contribution in [3.8, 4) is 0 Å². The van der Waals surface area contributed by atoms with Gasteiger partial charge in [-0.25, -0.2) is 4.79 Å². The molecule has 0 fully saturated rings. The van der Waals surface area contributed by atoms with E-state index in [9.17, 15) is 9.59 Å². The Hall–Kier alpha value is -1.26. The van der Waals surface area contributed by atoms with Gasteiger partial charge in [-0.1, -0.05) is 20.8 Å². The lowest BCUT2D eigenvalue weighted by Gasteiger charge is -2.21. The standard InChI is InChI=1S/C13H26N2O3/c1-5-6-15(4)13(18)14-9-11(7-10(2)3)8-12(16)17/h10-11H,5-9H2,1-4H3,(H,14,18)(H,16,17)/t11-/m0/s1. The zero-order chi connectivity index (χ0) is 14.1. The Morgan fingerprint density at radius 3 is 2.39 bits per heavy atom. The molecule has 2 amide bonds. The number of hydrogen-bond acceptors (Lipinski definition) is 2. The molecule has 0 aliphatic carbocycles. The van der Waals surface area contributed by atoms with Crippen LogP contribution in [0.25, 0.3) is 0 Å². The second-order valence-electron chi connectivity index (χ2n) is 5.20. The third-order valence-corrected chi connectivity index (χ3v) is 2.72. The van der Waals surface area contributed by atoms with Crippen LogP contribution in [0.1, 0.15) is 40.0 Å². The predicted octanol–water partition coefficient (Wildman–Crippen LogP) is 2.17. The number of carbonyl (C=O) groups excluding carboxylic acids is 1. The zero-order valence-corrected chi connectivity index (χ0v) is 11.9. The zero-order valence-electron chi connectivity index (χ0n) is 11.9. The van der Waals surface area contributed by atoms with E-state index in [2.05, 4.69) is 19.2 Å². The number of carboxylic acids is 1. The van der Waals surface area contributed by atoms with Gasteiger partial charge in [-0.15, -0.1) is 0 Å². The molecule has 0 aliphatic heterocycles. The molecule has 0 aromatic rings. The van der Waals surface area contributed by atoms with Crippen molar-refractivity contribution in [2.45, 2.75) is 40.0 Å². The molecule has 0 aliphatic rings. The lowest BCUT2D eigenvalue weighted by atomic mass is 9.94. The fourth-order valence-electron chi connectivity index (χ4n) is 1.96. The third-order valence-electron chi connectivity index (χ3n) is 2.72. The second kappa shape index (κ2) is 8.78. The average Bonchev–Trinajstić information content (AvgIpc) is 2.24. The third kappa shape index (κ3) is 7.92. The molecular formula is C13H26N2O3. The van der Waals surface area contributed by atoms with E-state index < -0.39 is 5.97 Å². The largest absolute Gasteiger partial charge is 0.481 e. The molecule has 0 aromatic heterocycles. The summed E-state index contributed by atoms with van der Waals surface area (Å²) in [5.41, 5.74) is 0. The molecule has 0 spiro atoms. The van der Waals surface area contributed by atoms with Gasteiger partial charge < -0.3 is 15.3 Å². The van der Waals surface area contributed by atoms with Crippen LogP contribution in [0.3, 0.4) is 0 Å². The highest BCUT2D eigenvalue weighted by atomic mass is 16.4. The number of rotatable bonds is 8. The molecule has 0 saturated heterocycles. The van der Waals surface area contributed by atoms with Crippen molar-refractivity contribution in [1.82, 2.24) is 10.2 Å². The van der Waals surface area contributed by atoms with Gasteiger partial charge in [-0.05, 0) is 24.7 Å². The first kappa shape index (κ1) is 16.7. The van der Waals surface area contributed by atoms with Gasteiger partial charge in [0.05, 0.1) is 0 Å². The second-order valence-corrected chi connectivity index (χ2v) is 5.20. The van der Waals surface area contributed by atoms with Crippen LogP contribution in [0.2, 0.25) is 0 Å². The minimum Gasteiger partial charge on any atom is -0.481 e. The summed E-state index contributed by atoms with van der Waals surface area (Å²) in [4.78, 5) is 24.0. The lowest BCUT2D eigenvalue weighted by Crippen LogP contribution is -2.40. The molecule has 0 aromatic carbocycles. The SMILES string of the molecule is CCCN(C)C(=O)NC[C@H](CC(=O)O)CC(C)C. The van der Waals surface area contributed by atoms with Gasteiger partial charge in [-0.3, -0.25) is 4.79 Å². The van der Waals surface area contributed by atoms with E-state index in [-0.39, 0.29) is 18.4 Å². The molecule has 1 atom stereocenters. The maximum Gasteiger partial charge on any atom is 0.317 e. The van der Waals surface area contributed by atoms with E-state index in [1.54, 1.807) is 11.9 Å². The van der Waals surface area contributed by atoms with Gasteiger partial charge >= 0.3 is 12.0 Å². The molecule has 106 valence electrons. The van der Waals surface area contributed by atoms with Gasteiger partial charge in [0.15, 0.2) is 0 Å². The highest BCUT2D eigenvalue weighted by Crippen LogP contribution is 2.14. The van der Waals surface area contributed by atoms with Crippen LogP contribution in [-0.2, 0) is 4.79 Å². The van der Waals surface area contributed by atoms with Crippen LogP contribution >= 0.6 is 0 Å². The van der Waals surface area contributed by atoms with Crippen molar-refractivity contribution in [3.63, 3.8) is 0 Å². The average molecular weight is 258 g/mol. The van der Waals surface area contributed by atoms with Crippen LogP contribution in [0.15, 0.2) is 0 Å². The summed E-state index contributed by atoms with van der Waals surface area (Å²) in [5.74, 6) is -0.377. The molecule has 0 bridgehead atoms. The Bertz CT molecular complexity index is 267. The molecule has 0 unspecified atom stereocenters. The number of nitrogens with zero attached hydrogens (tertiary/aromatic N) is 1. The van der Waals surface area contributed by atoms with Gasteiger partial charge in [0.25, 0.3) is 0 Å². The summed E-state index contributed by atoms with van der Waals surface area (Å²) in [6, 6.07) is -0.129. The molecule has 0 saturated carbocycles. The van der Waals surface area contributed by atoms with Crippen molar-refractivity contribution in [2.24, 2.45) is 11.8 Å². The van der Waals surface area contributed by atoms with E-state index in [1.807, 2.05) is 6.92 Å². The summed E-state index contributed by atoms with van der Waals surface area (Å²) in [6.45, 7) is 7.26. The molecule has 0 heterocycles. The summed E-state index contributed by atoms with van der Waals surface area (Å²) < 4.78 is 0. The topological polar surface area (TPSA) is 69.6 Å². The van der Waals surface area contributed by atoms with Gasteiger partial charge in [0.1, 0.15) is 0 Å². The minimum atomic E-state index is -0.809. The number of carbonyl (C=O) groups is 2. The summed E-state index contributed by atoms with van der Waals surface area (Å²) in [6.07, 6.45) is 1.83. The Kier molecular flexibility index (Phi) is 8.16. The van der Waals surface area contributed by atoms with E-state index in [0.29, 0.717) is 19.0 Å². The monoisotopic (exact) mass is 258 g/mol. The molecule has 0 rings (SSSR count). The highest BCUT2D eigenvalue weighted by Gasteiger charge is 2.16. The van der Waals surface area contributed by atoms with Crippen molar-refractivity contribution in [1.29, 1.82) is 0 Å². The molecule has 18 heavy (non-hydrogen) atoms. The van der Waals surface area contributed by atoms with E-state index in [4.69, 9.17) is 5.11 Å². The molecule has 5 heteroatoms. The molecular weight excluding hydrogens is 232 g/mol. The summed E-state index contributed by atoms with van der Waals surface area (Å²) >= 11 is 0. The Morgan fingerprint density at radius 1 is 1.33 bits per heavy atom. The number of hydrogen-bond donors (Lipinski definition) is 2. The first-order valence-electron chi connectivity index (χ1n) is 6.57. The maximum atomic E-state index is 11.7. The summed E-state index contributed by atoms with van der Waals surface area (Å²) in [5, 5.41) is 11.6. The van der Waals surface area contributed by atoms with Crippen LogP contribution in [-0.4, -0.2) is 42.1 Å². The minimum absolute atomic E-state index is 0.00137. The summed E-state index contributed by atoms with van der Waals surface area (Å²) in [7, 11) is 1.74. The van der Waals surface area contributed by atoms with Gasteiger partial charge in [0, 0.05) is 26.6 Å². The van der Waals surface area contributed by atoms with Crippen molar-refractivity contribution >= 4 is 12.0 Å². The predicted molar refractivity (Wildman–Crippen MR) is 71.5 cm³/mol. The van der Waals surface area contributed by atoms with Crippen LogP contribution < -0.4 is 5.32 Å². The smallest absolute Gasteiger partial charge is 0.317 e. The molecule has 5 nitrogen and oxygen atoms in total. The first-order chi connectivity index (χ1) is 8.36. The first-order valence-corrected chi connectivity index (χ1v) is 6.57. The Labute approximate surface area is 110 Å². The fourth-order valence-corrected chi connectivity index (χ4v) is 1.96. The van der Waals surface area contributed by atoms with Crippen molar-refractivity contribution in [3.05, 3.63) is 0 Å². The number of nitrogens with one attached hydrogen (secondary N) is 1. The van der Waals surface area contributed by atoms with Crippen LogP contribution in [0, 0.1) is 11.8 Å². The van der Waals surface area contributed by atoms with Crippen LogP contribution in [0.5, 0.6) is 0 Å². The maximum absolute atomic E-state index is 11.7. The van der Waals surface area contributed by atoms with E-state index in [1.165, 1.54) is 0 Å². The number of amides is 2. The van der Waals surface area contributed by atoms with E-state index >= 15 is 0 Å². The Balaban J connectivity index is 4.16. The van der Waals surface area contributed by atoms with Gasteiger partial charge in [-0.2, -0.15) is 0 Å². The van der Waals surface area contributed by atoms with Crippen molar-refractivity contribution in [2.75, 3.05) is 20.1 Å². The number of carboxylic acid groups (broad SMARTS) is 1.